The molecule has 188 valence electrons. The number of carbonyl (C=O) groups is 1. The molecule has 1 aromatic heterocycles. The molecular formula is C29H33N3O3S. The topological polar surface area (TPSA) is 54.9 Å². The first kappa shape index (κ1) is 24.7. The van der Waals surface area contributed by atoms with Gasteiger partial charge in [0.1, 0.15) is 5.75 Å². The van der Waals surface area contributed by atoms with E-state index >= 15 is 0 Å². The van der Waals surface area contributed by atoms with Gasteiger partial charge in [-0.1, -0.05) is 41.7 Å². The number of fused-ring (bicyclic) bond motifs is 2. The van der Waals surface area contributed by atoms with Crippen LogP contribution in [0.25, 0.3) is 21.0 Å². The molecule has 5 rings (SSSR count). The minimum Gasteiger partial charge on any atom is -0.493 e. The number of hydrogen-bond donors (Lipinski definition) is 0. The lowest BCUT2D eigenvalue weighted by molar-refractivity contribution is 0.0376. The van der Waals surface area contributed by atoms with Crippen molar-refractivity contribution in [2.24, 2.45) is 0 Å². The van der Waals surface area contributed by atoms with Crippen molar-refractivity contribution in [3.8, 4) is 5.75 Å². The van der Waals surface area contributed by atoms with Crippen molar-refractivity contribution < 1.29 is 14.3 Å². The fourth-order valence-corrected chi connectivity index (χ4v) is 5.80. The van der Waals surface area contributed by atoms with E-state index in [0.29, 0.717) is 24.5 Å². The van der Waals surface area contributed by atoms with E-state index in [1.807, 2.05) is 48.2 Å². The smallest absolute Gasteiger partial charge is 0.264 e. The van der Waals surface area contributed by atoms with Crippen LogP contribution >= 0.6 is 11.3 Å². The molecule has 1 amide bonds. The number of aromatic nitrogens is 1. The summed E-state index contributed by atoms with van der Waals surface area (Å²) in [5.74, 6) is 0.553. The Balaban J connectivity index is 1.54. The fourth-order valence-electron chi connectivity index (χ4n) is 4.73. The Labute approximate surface area is 216 Å². The number of benzene rings is 3. The normalized spacial score (nSPS) is 14.4. The number of hydrogen-bond acceptors (Lipinski definition) is 6. The van der Waals surface area contributed by atoms with Crippen molar-refractivity contribution in [3.05, 3.63) is 65.2 Å². The van der Waals surface area contributed by atoms with E-state index in [9.17, 15) is 4.79 Å². The second-order valence-corrected chi connectivity index (χ2v) is 10.3. The maximum Gasteiger partial charge on any atom is 0.264 e. The third kappa shape index (κ3) is 5.09. The van der Waals surface area contributed by atoms with Crippen molar-refractivity contribution in [1.82, 2.24) is 9.88 Å². The predicted octanol–water partition coefficient (Wildman–Crippen LogP) is 5.83. The summed E-state index contributed by atoms with van der Waals surface area (Å²) in [5.41, 5.74) is 3.98. The highest BCUT2D eigenvalue weighted by Gasteiger charge is 2.26. The van der Waals surface area contributed by atoms with E-state index in [1.54, 1.807) is 11.3 Å². The highest BCUT2D eigenvalue weighted by Crippen LogP contribution is 2.35. The first-order chi connectivity index (χ1) is 17.5. The molecule has 6 nitrogen and oxygen atoms in total. The van der Waals surface area contributed by atoms with Gasteiger partial charge in [-0.05, 0) is 67.3 Å². The average molecular weight is 504 g/mol. The van der Waals surface area contributed by atoms with Crippen LogP contribution in [0.2, 0.25) is 0 Å². The van der Waals surface area contributed by atoms with Gasteiger partial charge in [0.25, 0.3) is 5.91 Å². The second kappa shape index (κ2) is 10.9. The summed E-state index contributed by atoms with van der Waals surface area (Å²) in [4.78, 5) is 23.5. The molecule has 7 heteroatoms. The monoisotopic (exact) mass is 503 g/mol. The van der Waals surface area contributed by atoms with E-state index < -0.39 is 0 Å². The molecule has 0 unspecified atom stereocenters. The Hall–Kier alpha value is -3.00. The van der Waals surface area contributed by atoms with Gasteiger partial charge < -0.3 is 9.47 Å². The van der Waals surface area contributed by atoms with Gasteiger partial charge >= 0.3 is 0 Å². The summed E-state index contributed by atoms with van der Waals surface area (Å²) in [6, 6.07) is 16.2. The summed E-state index contributed by atoms with van der Waals surface area (Å²) in [5, 5.41) is 2.66. The number of aryl methyl sites for hydroxylation is 2. The molecule has 1 fully saturated rings. The number of amides is 1. The molecule has 0 saturated carbocycles. The molecule has 0 aliphatic carbocycles. The van der Waals surface area contributed by atoms with Gasteiger partial charge in [-0.3, -0.25) is 14.6 Å². The molecule has 1 aliphatic rings. The zero-order valence-electron chi connectivity index (χ0n) is 21.3. The van der Waals surface area contributed by atoms with E-state index in [2.05, 4.69) is 30.9 Å². The van der Waals surface area contributed by atoms with Gasteiger partial charge in [-0.15, -0.1) is 0 Å². The minimum absolute atomic E-state index is 0.0651. The van der Waals surface area contributed by atoms with Gasteiger partial charge in [-0.25, -0.2) is 4.98 Å². The number of thiazole rings is 1. The van der Waals surface area contributed by atoms with Gasteiger partial charge in [0.15, 0.2) is 5.13 Å². The Morgan fingerprint density at radius 1 is 1.11 bits per heavy atom. The second-order valence-electron chi connectivity index (χ2n) is 9.26. The standard InChI is InChI=1S/C29H33N3O3S/c1-4-35-25-11-10-22-8-5-6-9-23(22)27(25)28(33)32(13-7-12-31-14-16-34-17-15-31)29-30-24-18-20(2)21(3)19-26(24)36-29/h5-6,8-11,18-19H,4,7,12-17H2,1-3H3. The van der Waals surface area contributed by atoms with Crippen molar-refractivity contribution in [3.63, 3.8) is 0 Å². The Bertz CT molecular complexity index is 1340. The molecule has 36 heavy (non-hydrogen) atoms. The van der Waals surface area contributed by atoms with Gasteiger partial charge in [0, 0.05) is 26.2 Å². The first-order valence-corrected chi connectivity index (χ1v) is 13.5. The number of carbonyl (C=O) groups excluding carboxylic acids is 1. The molecule has 0 bridgehead atoms. The fraction of sp³-hybridized carbons (Fsp3) is 0.379. The number of ether oxygens (including phenoxy) is 2. The van der Waals surface area contributed by atoms with E-state index in [4.69, 9.17) is 14.5 Å². The number of morpholine rings is 1. The third-order valence-corrected chi connectivity index (χ3v) is 7.87. The van der Waals surface area contributed by atoms with Crippen LogP contribution in [0.15, 0.2) is 48.5 Å². The maximum atomic E-state index is 14.3. The molecule has 1 aliphatic heterocycles. The molecular weight excluding hydrogens is 470 g/mol. The number of rotatable bonds is 8. The van der Waals surface area contributed by atoms with Crippen LogP contribution < -0.4 is 9.64 Å². The van der Waals surface area contributed by atoms with Gasteiger partial charge in [0.2, 0.25) is 0 Å². The molecule has 0 spiro atoms. The molecule has 0 N–H and O–H groups in total. The van der Waals surface area contributed by atoms with Crippen molar-refractivity contribution >= 4 is 43.4 Å². The van der Waals surface area contributed by atoms with Crippen molar-refractivity contribution in [2.75, 3.05) is 50.9 Å². The third-order valence-electron chi connectivity index (χ3n) is 6.83. The summed E-state index contributed by atoms with van der Waals surface area (Å²) in [7, 11) is 0. The van der Waals surface area contributed by atoms with Crippen LogP contribution in [0.1, 0.15) is 34.8 Å². The first-order valence-electron chi connectivity index (χ1n) is 12.7. The van der Waals surface area contributed by atoms with Crippen LogP contribution in [0.4, 0.5) is 5.13 Å². The van der Waals surface area contributed by atoms with Crippen LogP contribution in [-0.2, 0) is 4.74 Å². The lowest BCUT2D eigenvalue weighted by Crippen LogP contribution is -2.39. The summed E-state index contributed by atoms with van der Waals surface area (Å²) < 4.78 is 12.5. The van der Waals surface area contributed by atoms with E-state index in [0.717, 1.165) is 65.4 Å². The minimum atomic E-state index is -0.0651. The van der Waals surface area contributed by atoms with Gasteiger partial charge in [0.05, 0.1) is 35.6 Å². The Morgan fingerprint density at radius 2 is 1.89 bits per heavy atom. The van der Waals surface area contributed by atoms with Crippen LogP contribution in [0.5, 0.6) is 5.75 Å². The number of anilines is 1. The van der Waals surface area contributed by atoms with Crippen LogP contribution in [-0.4, -0.2) is 61.8 Å². The molecule has 1 saturated heterocycles. The average Bonchev–Trinajstić information content (AvgIpc) is 3.29. The molecule has 0 radical (unpaired) electrons. The SMILES string of the molecule is CCOc1ccc2ccccc2c1C(=O)N(CCCN1CCOCC1)c1nc2cc(C)c(C)cc2s1. The Morgan fingerprint density at radius 3 is 2.69 bits per heavy atom. The molecule has 2 heterocycles. The van der Waals surface area contributed by atoms with Crippen LogP contribution in [0, 0.1) is 13.8 Å². The molecule has 4 aromatic rings. The Kier molecular flexibility index (Phi) is 7.51. The largest absolute Gasteiger partial charge is 0.493 e. The maximum absolute atomic E-state index is 14.3. The highest BCUT2D eigenvalue weighted by atomic mass is 32.1. The molecule has 3 aromatic carbocycles. The highest BCUT2D eigenvalue weighted by molar-refractivity contribution is 7.22. The molecule has 0 atom stereocenters. The van der Waals surface area contributed by atoms with Crippen molar-refractivity contribution in [1.29, 1.82) is 0 Å². The summed E-state index contributed by atoms with van der Waals surface area (Å²) in [6.07, 6.45) is 0.856. The van der Waals surface area contributed by atoms with Gasteiger partial charge in [-0.2, -0.15) is 0 Å². The van der Waals surface area contributed by atoms with E-state index in [1.165, 1.54) is 11.1 Å². The van der Waals surface area contributed by atoms with Crippen molar-refractivity contribution in [2.45, 2.75) is 27.2 Å². The van der Waals surface area contributed by atoms with Crippen LogP contribution in [0.3, 0.4) is 0 Å². The lowest BCUT2D eigenvalue weighted by Gasteiger charge is -2.28. The summed E-state index contributed by atoms with van der Waals surface area (Å²) in [6.45, 7) is 11.6. The lowest BCUT2D eigenvalue weighted by atomic mass is 10.0. The zero-order chi connectivity index (χ0) is 25.1. The quantitative estimate of drug-likeness (QED) is 0.303. The van der Waals surface area contributed by atoms with E-state index in [-0.39, 0.29) is 5.91 Å². The zero-order valence-corrected chi connectivity index (χ0v) is 22.1. The predicted molar refractivity (Wildman–Crippen MR) is 148 cm³/mol. The summed E-state index contributed by atoms with van der Waals surface area (Å²) >= 11 is 1.58. The number of nitrogens with zero attached hydrogens (tertiary/aromatic N) is 3.